The molecule has 0 saturated carbocycles. The number of carbonyl (C=O) groups is 1. The van der Waals surface area contributed by atoms with Gasteiger partial charge in [0.1, 0.15) is 16.0 Å². The number of aromatic nitrogens is 1. The van der Waals surface area contributed by atoms with Gasteiger partial charge in [-0.25, -0.2) is 13.4 Å². The molecule has 1 unspecified atom stereocenters. The van der Waals surface area contributed by atoms with Crippen molar-refractivity contribution < 1.29 is 17.6 Å². The van der Waals surface area contributed by atoms with E-state index >= 15 is 0 Å². The molecule has 5 rings (SSSR count). The molecule has 4 aromatic rings. The van der Waals surface area contributed by atoms with Crippen LogP contribution in [-0.4, -0.2) is 36.2 Å². The van der Waals surface area contributed by atoms with E-state index in [-0.39, 0.29) is 23.2 Å². The smallest absolute Gasteiger partial charge is 0.253 e. The van der Waals surface area contributed by atoms with Crippen LogP contribution in [0, 0.1) is 0 Å². The summed E-state index contributed by atoms with van der Waals surface area (Å²) in [5.74, 6) is 0.268. The van der Waals surface area contributed by atoms with E-state index in [2.05, 4.69) is 20.9 Å². The molecular formula is C22H19BrClN3O4S3. The molecule has 1 saturated heterocycles. The highest BCUT2D eigenvalue weighted by Gasteiger charge is 2.41. The standard InChI is InChI=1S/C22H19BrClN3O4S3/c23-14-6-7-16-18(12-14)32-22(25-16)26(13-15-4-3-11-31-15)21(28)17-5-1-2-10-27(17)34(29,30)20-9-8-19(24)33-20/h3-4,6-9,11-12,17H,1-2,5,10,13H2. The molecule has 0 N–H and O–H groups in total. The quantitative estimate of drug-likeness (QED) is 0.265. The number of sulfonamides is 1. The lowest BCUT2D eigenvalue weighted by Gasteiger charge is -2.35. The number of hydrogen-bond donors (Lipinski definition) is 0. The number of fused-ring (bicyclic) bond motifs is 1. The summed E-state index contributed by atoms with van der Waals surface area (Å²) in [5, 5.41) is 0.497. The second kappa shape index (κ2) is 9.71. The van der Waals surface area contributed by atoms with Crippen LogP contribution in [0.25, 0.3) is 10.2 Å². The zero-order chi connectivity index (χ0) is 23.9. The Hall–Kier alpha value is -1.76. The number of hydrogen-bond acceptors (Lipinski definition) is 7. The fraction of sp³-hybridized carbons (Fsp3) is 0.273. The first-order chi connectivity index (χ1) is 16.3. The summed E-state index contributed by atoms with van der Waals surface area (Å²) < 4.78 is 36.1. The molecule has 1 aromatic carbocycles. The molecule has 12 heteroatoms. The third-order valence-electron chi connectivity index (χ3n) is 5.58. The number of thiazole rings is 1. The van der Waals surface area contributed by atoms with Crippen molar-refractivity contribution in [3.05, 3.63) is 63.3 Å². The molecule has 3 aromatic heterocycles. The van der Waals surface area contributed by atoms with Crippen LogP contribution in [-0.2, 0) is 21.4 Å². The number of carbonyl (C=O) groups excluding carboxylic acids is 1. The van der Waals surface area contributed by atoms with Crippen molar-refractivity contribution in [3.63, 3.8) is 0 Å². The van der Waals surface area contributed by atoms with E-state index in [0.717, 1.165) is 32.4 Å². The highest BCUT2D eigenvalue weighted by Crippen LogP contribution is 2.35. The van der Waals surface area contributed by atoms with Gasteiger partial charge < -0.3 is 4.42 Å². The van der Waals surface area contributed by atoms with Gasteiger partial charge in [0.05, 0.1) is 27.4 Å². The van der Waals surface area contributed by atoms with Gasteiger partial charge in [-0.2, -0.15) is 4.31 Å². The number of halogens is 2. The van der Waals surface area contributed by atoms with E-state index in [1.165, 1.54) is 26.6 Å². The molecule has 1 atom stereocenters. The number of nitrogens with zero attached hydrogens (tertiary/aromatic N) is 3. The van der Waals surface area contributed by atoms with E-state index in [4.69, 9.17) is 16.0 Å². The van der Waals surface area contributed by atoms with E-state index in [1.807, 2.05) is 18.2 Å². The van der Waals surface area contributed by atoms with E-state index in [1.54, 1.807) is 24.5 Å². The summed E-state index contributed by atoms with van der Waals surface area (Å²) in [4.78, 5) is 20.2. The molecule has 7 nitrogen and oxygen atoms in total. The predicted octanol–water partition coefficient (Wildman–Crippen LogP) is 6.14. The monoisotopic (exact) mass is 599 g/mol. The molecule has 4 heterocycles. The molecule has 34 heavy (non-hydrogen) atoms. The lowest BCUT2D eigenvalue weighted by atomic mass is 10.0. The number of piperidine rings is 1. The third-order valence-corrected chi connectivity index (χ3v) is 10.7. The lowest BCUT2D eigenvalue weighted by molar-refractivity contribution is -0.123. The van der Waals surface area contributed by atoms with Gasteiger partial charge in [0.2, 0.25) is 5.91 Å². The van der Waals surface area contributed by atoms with Crippen LogP contribution in [0.1, 0.15) is 25.0 Å². The highest BCUT2D eigenvalue weighted by atomic mass is 79.9. The fourth-order valence-corrected chi connectivity index (χ4v) is 8.76. The van der Waals surface area contributed by atoms with Gasteiger partial charge in [-0.05, 0) is 55.3 Å². The maximum Gasteiger partial charge on any atom is 0.253 e. The first-order valence-corrected chi connectivity index (χ1v) is 14.7. The van der Waals surface area contributed by atoms with E-state index in [9.17, 15) is 13.2 Å². The molecule has 0 bridgehead atoms. The summed E-state index contributed by atoms with van der Waals surface area (Å²) in [5.41, 5.74) is 0.766. The van der Waals surface area contributed by atoms with Gasteiger partial charge in [0, 0.05) is 11.0 Å². The maximum atomic E-state index is 14.0. The summed E-state index contributed by atoms with van der Waals surface area (Å²) in [7, 11) is -3.87. The second-order valence-corrected chi connectivity index (χ2v) is 13.6. The number of rotatable bonds is 6. The predicted molar refractivity (Wildman–Crippen MR) is 138 cm³/mol. The van der Waals surface area contributed by atoms with Crippen LogP contribution < -0.4 is 4.90 Å². The molecule has 1 aliphatic heterocycles. The van der Waals surface area contributed by atoms with Gasteiger partial charge in [-0.1, -0.05) is 45.3 Å². The molecule has 0 radical (unpaired) electrons. The lowest BCUT2D eigenvalue weighted by Crippen LogP contribution is -2.52. The van der Waals surface area contributed by atoms with Gasteiger partial charge in [0.25, 0.3) is 10.0 Å². The Morgan fingerprint density at radius 2 is 2.09 bits per heavy atom. The van der Waals surface area contributed by atoms with Crippen LogP contribution in [0.2, 0.25) is 4.34 Å². The second-order valence-electron chi connectivity index (χ2n) is 7.80. The van der Waals surface area contributed by atoms with Crippen LogP contribution in [0.15, 0.2) is 61.8 Å². The Bertz CT molecular complexity index is 1430. The van der Waals surface area contributed by atoms with Crippen LogP contribution in [0.5, 0.6) is 0 Å². The third kappa shape index (κ3) is 4.69. The topological polar surface area (TPSA) is 83.7 Å². The molecule has 0 aliphatic carbocycles. The van der Waals surface area contributed by atoms with Gasteiger partial charge in [-0.3, -0.25) is 9.69 Å². The number of amides is 1. The molecule has 0 spiro atoms. The average Bonchev–Trinajstić information content (AvgIpc) is 3.58. The Labute approximate surface area is 218 Å². The zero-order valence-electron chi connectivity index (χ0n) is 17.7. The molecule has 1 fully saturated rings. The SMILES string of the molecule is O=C(C1CCCCN1S(=O)(=O)c1ccc(Cl)s1)N(Cc1ccco1)c1nc2ccc(Br)cc2s1. The number of benzene rings is 1. The van der Waals surface area contributed by atoms with Crippen molar-refractivity contribution >= 4 is 81.5 Å². The molecule has 1 aliphatic rings. The first kappa shape index (κ1) is 24.0. The van der Waals surface area contributed by atoms with Crippen LogP contribution in [0.4, 0.5) is 5.13 Å². The van der Waals surface area contributed by atoms with E-state index in [0.29, 0.717) is 28.1 Å². The summed E-state index contributed by atoms with van der Waals surface area (Å²) in [6.45, 7) is 0.428. The number of furan rings is 1. The minimum Gasteiger partial charge on any atom is -0.467 e. The average molecular weight is 601 g/mol. The van der Waals surface area contributed by atoms with Crippen molar-refractivity contribution in [2.45, 2.75) is 36.1 Å². The zero-order valence-corrected chi connectivity index (χ0v) is 22.5. The first-order valence-electron chi connectivity index (χ1n) is 10.5. The van der Waals surface area contributed by atoms with Crippen LogP contribution in [0.3, 0.4) is 0 Å². The Balaban J connectivity index is 1.53. The van der Waals surface area contributed by atoms with E-state index < -0.39 is 16.1 Å². The summed E-state index contributed by atoms with van der Waals surface area (Å²) >= 11 is 11.9. The molecule has 1 amide bonds. The van der Waals surface area contributed by atoms with Crippen molar-refractivity contribution in [2.24, 2.45) is 0 Å². The Morgan fingerprint density at radius 1 is 1.24 bits per heavy atom. The number of anilines is 1. The Kier molecular flexibility index (Phi) is 6.84. The van der Waals surface area contributed by atoms with Crippen LogP contribution >= 0.6 is 50.2 Å². The highest BCUT2D eigenvalue weighted by molar-refractivity contribution is 9.10. The molecular weight excluding hydrogens is 582 g/mol. The Morgan fingerprint density at radius 3 is 2.82 bits per heavy atom. The van der Waals surface area contributed by atoms with Crippen molar-refractivity contribution in [1.82, 2.24) is 9.29 Å². The number of thiophene rings is 1. The van der Waals surface area contributed by atoms with Crippen molar-refractivity contribution in [1.29, 1.82) is 0 Å². The summed E-state index contributed by atoms with van der Waals surface area (Å²) in [6, 6.07) is 11.5. The largest absolute Gasteiger partial charge is 0.467 e. The van der Waals surface area contributed by atoms with Gasteiger partial charge in [-0.15, -0.1) is 11.3 Å². The van der Waals surface area contributed by atoms with Gasteiger partial charge in [0.15, 0.2) is 5.13 Å². The van der Waals surface area contributed by atoms with Gasteiger partial charge >= 0.3 is 0 Å². The van der Waals surface area contributed by atoms with Crippen molar-refractivity contribution in [3.8, 4) is 0 Å². The minimum absolute atomic E-state index is 0.139. The summed E-state index contributed by atoms with van der Waals surface area (Å²) in [6.07, 6.45) is 3.43. The molecule has 178 valence electrons. The minimum atomic E-state index is -3.87. The maximum absolute atomic E-state index is 14.0. The fourth-order valence-electron chi connectivity index (χ4n) is 3.97. The normalized spacial score (nSPS) is 17.3. The van der Waals surface area contributed by atoms with Crippen molar-refractivity contribution in [2.75, 3.05) is 11.4 Å².